The van der Waals surface area contributed by atoms with Crippen LogP contribution in [0.4, 0.5) is 0 Å². The van der Waals surface area contributed by atoms with Crippen LogP contribution in [0.3, 0.4) is 0 Å². The molecule has 0 aromatic heterocycles. The molecule has 0 bridgehead atoms. The fourth-order valence-electron chi connectivity index (χ4n) is 2.21. The fourth-order valence-corrected chi connectivity index (χ4v) is 3.95. The monoisotopic (exact) mass is 221 g/mol. The third kappa shape index (κ3) is 1.08. The summed E-state index contributed by atoms with van der Waals surface area (Å²) < 4.78 is 25.7. The van der Waals surface area contributed by atoms with Gasteiger partial charge in [0.1, 0.15) is 0 Å². The fraction of sp³-hybridized carbons (Fsp3) is 0.273. The lowest BCUT2D eigenvalue weighted by Crippen LogP contribution is -2.26. The quantitative estimate of drug-likeness (QED) is 0.670. The summed E-state index contributed by atoms with van der Waals surface area (Å²) >= 11 is 0. The van der Waals surface area contributed by atoms with Crippen molar-refractivity contribution in [1.29, 1.82) is 0 Å². The van der Waals surface area contributed by atoms with Crippen molar-refractivity contribution in [1.82, 2.24) is 4.31 Å². The van der Waals surface area contributed by atoms with Gasteiger partial charge in [-0.1, -0.05) is 24.3 Å². The molecular weight excluding hydrogens is 210 g/mol. The number of allylic oxidation sites excluding steroid dienone is 1. The summed E-state index contributed by atoms with van der Waals surface area (Å²) in [6.07, 6.45) is 3.90. The maximum atomic E-state index is 12.1. The van der Waals surface area contributed by atoms with Crippen molar-refractivity contribution in [2.45, 2.75) is 17.7 Å². The number of hydrogen-bond acceptors (Lipinski definition) is 2. The predicted molar refractivity (Wildman–Crippen MR) is 57.5 cm³/mol. The first-order valence-corrected chi connectivity index (χ1v) is 6.47. The van der Waals surface area contributed by atoms with Gasteiger partial charge >= 0.3 is 0 Å². The molecule has 3 rings (SSSR count). The molecule has 0 spiro atoms. The molecule has 0 radical (unpaired) electrons. The lowest BCUT2D eigenvalue weighted by molar-refractivity contribution is 0.501. The van der Waals surface area contributed by atoms with Crippen molar-refractivity contribution < 1.29 is 8.42 Å². The van der Waals surface area contributed by atoms with Crippen LogP contribution >= 0.6 is 0 Å². The highest BCUT2D eigenvalue weighted by molar-refractivity contribution is 7.90. The molecule has 2 aliphatic rings. The summed E-state index contributed by atoms with van der Waals surface area (Å²) in [6, 6.07) is 7.22. The van der Waals surface area contributed by atoms with Gasteiger partial charge in [-0.25, -0.2) is 8.42 Å². The van der Waals surface area contributed by atoms with E-state index >= 15 is 0 Å². The first kappa shape index (κ1) is 8.97. The van der Waals surface area contributed by atoms with Crippen molar-refractivity contribution in [3.8, 4) is 0 Å². The van der Waals surface area contributed by atoms with E-state index in [1.807, 2.05) is 18.2 Å². The van der Waals surface area contributed by atoms with E-state index in [9.17, 15) is 8.42 Å². The van der Waals surface area contributed by atoms with Crippen LogP contribution < -0.4 is 0 Å². The standard InChI is InChI=1S/C11H11NO2S/c13-15(14)11-7-2-1-5-9(11)10-6-3-4-8-12(10)15/h1-2,5-7H,3-4,8H2. The van der Waals surface area contributed by atoms with Crippen molar-refractivity contribution >= 4 is 15.7 Å². The summed E-state index contributed by atoms with van der Waals surface area (Å²) in [7, 11) is -3.24. The lowest BCUT2D eigenvalue weighted by atomic mass is 10.1. The predicted octanol–water partition coefficient (Wildman–Crippen LogP) is 1.83. The largest absolute Gasteiger partial charge is 0.266 e. The molecule has 0 atom stereocenters. The number of hydrogen-bond donors (Lipinski definition) is 0. The Kier molecular flexibility index (Phi) is 1.71. The van der Waals surface area contributed by atoms with Gasteiger partial charge < -0.3 is 0 Å². The highest BCUT2D eigenvalue weighted by atomic mass is 32.2. The molecule has 0 N–H and O–H groups in total. The maximum Gasteiger partial charge on any atom is 0.265 e. The van der Waals surface area contributed by atoms with Gasteiger partial charge in [0.15, 0.2) is 0 Å². The molecular formula is C11H11NO2S. The van der Waals surface area contributed by atoms with Crippen LogP contribution in [-0.2, 0) is 10.0 Å². The van der Waals surface area contributed by atoms with E-state index in [1.165, 1.54) is 4.31 Å². The number of sulfonamides is 1. The van der Waals surface area contributed by atoms with Crippen LogP contribution in [0.1, 0.15) is 18.4 Å². The Hall–Kier alpha value is -1.29. The third-order valence-electron chi connectivity index (χ3n) is 2.90. The molecule has 0 unspecified atom stereocenters. The number of nitrogens with zero attached hydrogens (tertiary/aromatic N) is 1. The van der Waals surface area contributed by atoms with Crippen LogP contribution in [0.5, 0.6) is 0 Å². The van der Waals surface area contributed by atoms with Crippen LogP contribution in [0.15, 0.2) is 35.2 Å². The molecule has 2 heterocycles. The summed E-state index contributed by atoms with van der Waals surface area (Å²) in [5, 5.41) is 0. The highest BCUT2D eigenvalue weighted by Crippen LogP contribution is 2.40. The molecule has 1 aromatic carbocycles. The molecule has 3 nitrogen and oxygen atoms in total. The summed E-state index contributed by atoms with van der Waals surface area (Å²) in [4.78, 5) is 0.457. The van der Waals surface area contributed by atoms with E-state index in [0.29, 0.717) is 11.4 Å². The molecule has 0 saturated heterocycles. The van der Waals surface area contributed by atoms with E-state index in [-0.39, 0.29) is 0 Å². The highest BCUT2D eigenvalue weighted by Gasteiger charge is 2.38. The average molecular weight is 221 g/mol. The van der Waals surface area contributed by atoms with Gasteiger partial charge in [0.2, 0.25) is 0 Å². The first-order chi connectivity index (χ1) is 7.21. The molecule has 0 amide bonds. The number of benzene rings is 1. The minimum Gasteiger partial charge on any atom is -0.266 e. The van der Waals surface area contributed by atoms with Crippen molar-refractivity contribution in [3.05, 3.63) is 35.9 Å². The Balaban J connectivity index is 2.34. The van der Waals surface area contributed by atoms with E-state index in [1.54, 1.807) is 12.1 Å². The molecule has 0 aliphatic carbocycles. The average Bonchev–Trinajstić information content (AvgIpc) is 2.51. The Bertz CT molecular complexity index is 545. The molecule has 0 saturated carbocycles. The Morgan fingerprint density at radius 1 is 1.20 bits per heavy atom. The van der Waals surface area contributed by atoms with Crippen molar-refractivity contribution in [3.63, 3.8) is 0 Å². The Morgan fingerprint density at radius 2 is 2.00 bits per heavy atom. The zero-order chi connectivity index (χ0) is 10.5. The SMILES string of the molecule is O=S1(=O)c2ccccc2C2=CCCCN21. The van der Waals surface area contributed by atoms with E-state index in [2.05, 4.69) is 0 Å². The number of fused-ring (bicyclic) bond motifs is 3. The van der Waals surface area contributed by atoms with Gasteiger partial charge in [-0.2, -0.15) is 0 Å². The zero-order valence-corrected chi connectivity index (χ0v) is 9.00. The van der Waals surface area contributed by atoms with Gasteiger partial charge in [-0.3, -0.25) is 4.31 Å². The molecule has 78 valence electrons. The van der Waals surface area contributed by atoms with Gasteiger partial charge in [-0.05, 0) is 18.9 Å². The second-order valence-electron chi connectivity index (χ2n) is 3.80. The number of rotatable bonds is 0. The van der Waals surface area contributed by atoms with Crippen LogP contribution in [0, 0.1) is 0 Å². The van der Waals surface area contributed by atoms with Crippen LogP contribution in [-0.4, -0.2) is 19.3 Å². The molecule has 0 fully saturated rings. The van der Waals surface area contributed by atoms with E-state index in [0.717, 1.165) is 24.1 Å². The minimum atomic E-state index is -3.24. The molecule has 15 heavy (non-hydrogen) atoms. The first-order valence-electron chi connectivity index (χ1n) is 5.03. The summed E-state index contributed by atoms with van der Waals surface area (Å²) in [6.45, 7) is 0.614. The van der Waals surface area contributed by atoms with Gasteiger partial charge in [0, 0.05) is 12.1 Å². The lowest BCUT2D eigenvalue weighted by Gasteiger charge is -2.22. The topological polar surface area (TPSA) is 37.4 Å². The third-order valence-corrected chi connectivity index (χ3v) is 4.77. The molecule has 1 aromatic rings. The van der Waals surface area contributed by atoms with Crippen LogP contribution in [0.2, 0.25) is 0 Å². The van der Waals surface area contributed by atoms with Gasteiger partial charge in [0.25, 0.3) is 10.0 Å². The second-order valence-corrected chi connectivity index (χ2v) is 5.64. The minimum absolute atomic E-state index is 0.457. The summed E-state index contributed by atoms with van der Waals surface area (Å²) in [5.74, 6) is 0. The molecule has 2 aliphatic heterocycles. The second kappa shape index (κ2) is 2.85. The molecule has 4 heteroatoms. The van der Waals surface area contributed by atoms with Crippen molar-refractivity contribution in [2.75, 3.05) is 6.54 Å². The normalized spacial score (nSPS) is 21.9. The van der Waals surface area contributed by atoms with Gasteiger partial charge in [-0.15, -0.1) is 0 Å². The van der Waals surface area contributed by atoms with E-state index < -0.39 is 10.0 Å². The van der Waals surface area contributed by atoms with E-state index in [4.69, 9.17) is 0 Å². The van der Waals surface area contributed by atoms with Gasteiger partial charge in [0.05, 0.1) is 10.6 Å². The Morgan fingerprint density at radius 3 is 2.87 bits per heavy atom. The van der Waals surface area contributed by atoms with Crippen molar-refractivity contribution in [2.24, 2.45) is 0 Å². The summed E-state index contributed by atoms with van der Waals surface area (Å²) in [5.41, 5.74) is 1.73. The zero-order valence-electron chi connectivity index (χ0n) is 8.18. The Labute approximate surface area is 89.1 Å². The smallest absolute Gasteiger partial charge is 0.265 e. The maximum absolute atomic E-state index is 12.1. The van der Waals surface area contributed by atoms with Crippen LogP contribution in [0.25, 0.3) is 5.70 Å².